The molecule has 2 aromatic carbocycles. The van der Waals surface area contributed by atoms with Crippen LogP contribution in [0.15, 0.2) is 48.5 Å². The van der Waals surface area contributed by atoms with Crippen molar-refractivity contribution < 1.29 is 17.9 Å². The average Bonchev–Trinajstić information content (AvgIpc) is 2.67. The van der Waals surface area contributed by atoms with Gasteiger partial charge in [0.25, 0.3) is 0 Å². The summed E-state index contributed by atoms with van der Waals surface area (Å²) in [7, 11) is -2.89. The minimum atomic E-state index is -2.89. The maximum Gasteiger partial charge on any atom is 0.317 e. The molecule has 1 aliphatic carbocycles. The summed E-state index contributed by atoms with van der Waals surface area (Å²) in [5, 5.41) is 0. The lowest BCUT2D eigenvalue weighted by Crippen LogP contribution is -2.42. The molecule has 142 valence electrons. The van der Waals surface area contributed by atoms with Gasteiger partial charge in [0.1, 0.15) is 12.5 Å². The van der Waals surface area contributed by atoms with Crippen molar-refractivity contribution >= 4 is 15.8 Å². The molecule has 0 N–H and O–H groups in total. The van der Waals surface area contributed by atoms with E-state index in [1.807, 2.05) is 41.3 Å². The minimum absolute atomic E-state index is 0.185. The molecule has 0 saturated carbocycles. The Morgan fingerprint density at radius 3 is 2.11 bits per heavy atom. The Labute approximate surface area is 159 Å². The van der Waals surface area contributed by atoms with E-state index >= 15 is 0 Å². The highest BCUT2D eigenvalue weighted by molar-refractivity contribution is 7.91. The SMILES string of the molecule is O=C(OCCN1CCS(=O)(=O)CC1)C1c2ccccc2Cc2ccccc21. The maximum atomic E-state index is 12.9. The van der Waals surface area contributed by atoms with Crippen LogP contribution in [0.1, 0.15) is 28.2 Å². The molecule has 6 heteroatoms. The van der Waals surface area contributed by atoms with Gasteiger partial charge >= 0.3 is 5.97 Å². The van der Waals surface area contributed by atoms with Crippen molar-refractivity contribution in [3.05, 3.63) is 70.8 Å². The fourth-order valence-corrected chi connectivity index (χ4v) is 5.19. The fourth-order valence-electron chi connectivity index (χ4n) is 3.91. The van der Waals surface area contributed by atoms with Gasteiger partial charge < -0.3 is 4.74 Å². The van der Waals surface area contributed by atoms with Gasteiger partial charge in [0.2, 0.25) is 0 Å². The van der Waals surface area contributed by atoms with E-state index in [1.54, 1.807) is 0 Å². The Hall–Kier alpha value is -2.18. The highest BCUT2D eigenvalue weighted by Crippen LogP contribution is 2.37. The van der Waals surface area contributed by atoms with Crippen LogP contribution in [0.5, 0.6) is 0 Å². The first-order valence-corrected chi connectivity index (χ1v) is 11.1. The van der Waals surface area contributed by atoms with Gasteiger partial charge in [-0.2, -0.15) is 0 Å². The van der Waals surface area contributed by atoms with E-state index in [0.717, 1.165) is 17.5 Å². The number of ether oxygens (including phenoxy) is 1. The van der Waals surface area contributed by atoms with Crippen LogP contribution in [-0.2, 0) is 25.8 Å². The average molecular weight is 385 g/mol. The largest absolute Gasteiger partial charge is 0.464 e. The summed E-state index contributed by atoms with van der Waals surface area (Å²) in [6, 6.07) is 16.1. The number of sulfone groups is 1. The molecule has 2 aliphatic rings. The highest BCUT2D eigenvalue weighted by Gasteiger charge is 2.32. The lowest BCUT2D eigenvalue weighted by molar-refractivity contribution is -0.144. The Morgan fingerprint density at radius 2 is 1.52 bits per heavy atom. The third-order valence-corrected chi connectivity index (χ3v) is 7.05. The molecule has 0 spiro atoms. The summed E-state index contributed by atoms with van der Waals surface area (Å²) < 4.78 is 28.6. The standard InChI is InChI=1S/C21H23NO4S/c23-21(26-12-9-22-10-13-27(24,25)14-11-22)20-18-7-3-1-5-16(18)15-17-6-2-4-8-19(17)20/h1-8,20H,9-15H2. The predicted molar refractivity (Wildman–Crippen MR) is 104 cm³/mol. The number of benzene rings is 2. The van der Waals surface area contributed by atoms with Crippen LogP contribution >= 0.6 is 0 Å². The molecule has 0 amide bonds. The molecule has 0 radical (unpaired) electrons. The number of fused-ring (bicyclic) bond motifs is 2. The molecular formula is C21H23NO4S. The molecule has 1 fully saturated rings. The van der Waals surface area contributed by atoms with E-state index in [0.29, 0.717) is 19.6 Å². The van der Waals surface area contributed by atoms with Crippen LogP contribution in [0.3, 0.4) is 0 Å². The number of hydrogen-bond donors (Lipinski definition) is 0. The number of carbonyl (C=O) groups is 1. The van der Waals surface area contributed by atoms with Gasteiger partial charge in [0, 0.05) is 19.6 Å². The van der Waals surface area contributed by atoms with E-state index in [9.17, 15) is 13.2 Å². The number of rotatable bonds is 4. The van der Waals surface area contributed by atoms with Crippen molar-refractivity contribution in [2.75, 3.05) is 37.7 Å². The second kappa shape index (κ2) is 7.44. The topological polar surface area (TPSA) is 63.7 Å². The van der Waals surface area contributed by atoms with E-state index in [-0.39, 0.29) is 24.1 Å². The van der Waals surface area contributed by atoms with Gasteiger partial charge in [0.05, 0.1) is 11.5 Å². The van der Waals surface area contributed by atoms with Gasteiger partial charge in [-0.25, -0.2) is 8.42 Å². The van der Waals surface area contributed by atoms with Crippen molar-refractivity contribution in [2.45, 2.75) is 12.3 Å². The summed E-state index contributed by atoms with van der Waals surface area (Å²) in [5.74, 6) is -0.263. The molecule has 0 aromatic heterocycles. The van der Waals surface area contributed by atoms with Gasteiger partial charge in [-0.1, -0.05) is 48.5 Å². The molecule has 0 unspecified atom stereocenters. The van der Waals surface area contributed by atoms with Crippen molar-refractivity contribution in [3.63, 3.8) is 0 Å². The van der Waals surface area contributed by atoms with Crippen molar-refractivity contribution in [1.29, 1.82) is 0 Å². The molecule has 27 heavy (non-hydrogen) atoms. The maximum absolute atomic E-state index is 12.9. The Morgan fingerprint density at radius 1 is 0.963 bits per heavy atom. The zero-order valence-electron chi connectivity index (χ0n) is 15.1. The van der Waals surface area contributed by atoms with Gasteiger partial charge in [0.15, 0.2) is 9.84 Å². The molecule has 1 saturated heterocycles. The van der Waals surface area contributed by atoms with Gasteiger partial charge in [-0.3, -0.25) is 9.69 Å². The number of carbonyl (C=O) groups excluding carboxylic acids is 1. The second-order valence-corrected chi connectivity index (χ2v) is 9.47. The summed E-state index contributed by atoms with van der Waals surface area (Å²) in [6.07, 6.45) is 0.832. The lowest BCUT2D eigenvalue weighted by Gasteiger charge is -2.28. The first-order valence-electron chi connectivity index (χ1n) is 9.28. The number of nitrogens with zero attached hydrogens (tertiary/aromatic N) is 1. The first kappa shape index (κ1) is 18.2. The summed E-state index contributed by atoms with van der Waals surface area (Å²) in [6.45, 7) is 1.86. The van der Waals surface area contributed by atoms with E-state index in [1.165, 1.54) is 11.1 Å². The molecular weight excluding hydrogens is 362 g/mol. The van der Waals surface area contributed by atoms with Crippen LogP contribution in [0.2, 0.25) is 0 Å². The zero-order valence-corrected chi connectivity index (χ0v) is 16.0. The van der Waals surface area contributed by atoms with Crippen molar-refractivity contribution in [2.24, 2.45) is 0 Å². The molecule has 5 nitrogen and oxygen atoms in total. The fraction of sp³-hybridized carbons (Fsp3) is 0.381. The monoisotopic (exact) mass is 385 g/mol. The van der Waals surface area contributed by atoms with Crippen LogP contribution in [0.25, 0.3) is 0 Å². The number of hydrogen-bond acceptors (Lipinski definition) is 5. The summed E-state index contributed by atoms with van der Waals surface area (Å²) >= 11 is 0. The van der Waals surface area contributed by atoms with Crippen LogP contribution in [-0.4, -0.2) is 57.0 Å². The second-order valence-electron chi connectivity index (χ2n) is 7.17. The Kier molecular flexibility index (Phi) is 5.02. The van der Waals surface area contributed by atoms with E-state index in [4.69, 9.17) is 4.74 Å². The van der Waals surface area contributed by atoms with E-state index in [2.05, 4.69) is 12.1 Å². The third kappa shape index (κ3) is 3.92. The molecule has 0 atom stereocenters. The van der Waals surface area contributed by atoms with Crippen molar-refractivity contribution in [3.8, 4) is 0 Å². The third-order valence-electron chi connectivity index (χ3n) is 5.44. The molecule has 0 bridgehead atoms. The minimum Gasteiger partial charge on any atom is -0.464 e. The van der Waals surface area contributed by atoms with Gasteiger partial charge in [-0.15, -0.1) is 0 Å². The van der Waals surface area contributed by atoms with Crippen molar-refractivity contribution in [1.82, 2.24) is 4.90 Å². The van der Waals surface area contributed by atoms with Crippen LogP contribution in [0, 0.1) is 0 Å². The number of esters is 1. The first-order chi connectivity index (χ1) is 13.0. The van der Waals surface area contributed by atoms with Crippen LogP contribution in [0.4, 0.5) is 0 Å². The molecule has 2 aromatic rings. The smallest absolute Gasteiger partial charge is 0.317 e. The zero-order chi connectivity index (χ0) is 18.9. The Bertz CT molecular complexity index is 895. The summed E-state index contributed by atoms with van der Waals surface area (Å²) in [5.41, 5.74) is 4.37. The lowest BCUT2D eigenvalue weighted by atomic mass is 9.78. The summed E-state index contributed by atoms with van der Waals surface area (Å²) in [4.78, 5) is 15.0. The molecule has 4 rings (SSSR count). The molecule has 1 heterocycles. The van der Waals surface area contributed by atoms with Crippen LogP contribution < -0.4 is 0 Å². The Balaban J connectivity index is 1.44. The normalized spacial score (nSPS) is 19.1. The predicted octanol–water partition coefficient (Wildman–Crippen LogP) is 2.00. The molecule has 1 aliphatic heterocycles. The quantitative estimate of drug-likeness (QED) is 0.754. The van der Waals surface area contributed by atoms with Gasteiger partial charge in [-0.05, 0) is 28.7 Å². The van der Waals surface area contributed by atoms with E-state index < -0.39 is 15.8 Å². The highest BCUT2D eigenvalue weighted by atomic mass is 32.2.